The third-order valence-electron chi connectivity index (χ3n) is 3.75. The number of hydrogen-bond donors (Lipinski definition) is 2. The van der Waals surface area contributed by atoms with E-state index >= 15 is 0 Å². The Balaban J connectivity index is 1.89. The first kappa shape index (κ1) is 17.0. The van der Waals surface area contributed by atoms with Crippen molar-refractivity contribution in [3.8, 4) is 0 Å². The zero-order valence-corrected chi connectivity index (χ0v) is 14.2. The Morgan fingerprint density at radius 2 is 1.96 bits per heavy atom. The molecule has 0 aromatic carbocycles. The van der Waals surface area contributed by atoms with Crippen LogP contribution in [0.3, 0.4) is 0 Å². The van der Waals surface area contributed by atoms with Gasteiger partial charge in [0.15, 0.2) is 0 Å². The molecule has 2 aromatic heterocycles. The van der Waals surface area contributed by atoms with Crippen LogP contribution in [0.15, 0.2) is 30.6 Å². The lowest BCUT2D eigenvalue weighted by atomic mass is 10.1. The van der Waals surface area contributed by atoms with E-state index < -0.39 is 0 Å². The molecule has 2 unspecified atom stereocenters. The summed E-state index contributed by atoms with van der Waals surface area (Å²) in [7, 11) is 0. The van der Waals surface area contributed by atoms with Crippen LogP contribution in [0, 0.1) is 13.8 Å². The molecule has 2 N–H and O–H groups in total. The summed E-state index contributed by atoms with van der Waals surface area (Å²) in [5.74, 6) is 0. The fourth-order valence-corrected chi connectivity index (χ4v) is 2.61. The number of amides is 2. The van der Waals surface area contributed by atoms with Gasteiger partial charge in [-0.05, 0) is 51.0 Å². The van der Waals surface area contributed by atoms with Crippen molar-refractivity contribution in [1.29, 1.82) is 0 Å². The molecule has 0 radical (unpaired) electrons. The molecule has 0 saturated heterocycles. The van der Waals surface area contributed by atoms with Crippen LogP contribution in [0.4, 0.5) is 4.79 Å². The number of aromatic nitrogens is 3. The second-order valence-corrected chi connectivity index (χ2v) is 5.87. The summed E-state index contributed by atoms with van der Waals surface area (Å²) >= 11 is 0. The molecule has 124 valence electrons. The minimum absolute atomic E-state index is 0.0112. The van der Waals surface area contributed by atoms with Gasteiger partial charge in [-0.1, -0.05) is 6.92 Å². The molecule has 2 amide bonds. The summed E-state index contributed by atoms with van der Waals surface area (Å²) in [6.07, 6.45) is 4.30. The van der Waals surface area contributed by atoms with Crippen molar-refractivity contribution in [2.75, 3.05) is 0 Å². The molecule has 0 aliphatic rings. The number of nitrogens with zero attached hydrogens (tertiary/aromatic N) is 3. The van der Waals surface area contributed by atoms with Crippen LogP contribution in [-0.2, 0) is 6.54 Å². The predicted octanol–water partition coefficient (Wildman–Crippen LogP) is 2.73. The standard InChI is InChI=1S/C17H25N5O/c1-5-16(15-6-8-18-9-7-15)20-17(23)19-13(3)11-22-14(4)10-12(2)21-22/h6-10,13,16H,5,11H2,1-4H3,(H2,19,20,23). The van der Waals surface area contributed by atoms with Gasteiger partial charge in [-0.25, -0.2) is 4.79 Å². The maximum absolute atomic E-state index is 12.2. The lowest BCUT2D eigenvalue weighted by Crippen LogP contribution is -2.44. The van der Waals surface area contributed by atoms with Gasteiger partial charge < -0.3 is 10.6 Å². The molecule has 2 aromatic rings. The van der Waals surface area contributed by atoms with E-state index in [1.54, 1.807) is 12.4 Å². The van der Waals surface area contributed by atoms with Crippen LogP contribution in [-0.4, -0.2) is 26.8 Å². The number of urea groups is 1. The zero-order valence-electron chi connectivity index (χ0n) is 14.2. The molecule has 6 nitrogen and oxygen atoms in total. The lowest BCUT2D eigenvalue weighted by Gasteiger charge is -2.20. The Bertz CT molecular complexity index is 638. The smallest absolute Gasteiger partial charge is 0.315 e. The minimum atomic E-state index is -0.164. The van der Waals surface area contributed by atoms with Crippen molar-refractivity contribution in [1.82, 2.24) is 25.4 Å². The average molecular weight is 315 g/mol. The van der Waals surface area contributed by atoms with Crippen LogP contribution in [0.5, 0.6) is 0 Å². The van der Waals surface area contributed by atoms with E-state index in [1.165, 1.54) is 0 Å². The summed E-state index contributed by atoms with van der Waals surface area (Å²) in [6, 6.07) is 5.69. The van der Waals surface area contributed by atoms with Crippen molar-refractivity contribution >= 4 is 6.03 Å². The number of rotatable bonds is 6. The molecule has 2 atom stereocenters. The normalized spacial score (nSPS) is 13.4. The molecule has 0 saturated carbocycles. The van der Waals surface area contributed by atoms with Crippen LogP contribution < -0.4 is 10.6 Å². The molecular formula is C17H25N5O. The Kier molecular flexibility index (Phi) is 5.73. The number of pyridine rings is 1. The second-order valence-electron chi connectivity index (χ2n) is 5.87. The monoisotopic (exact) mass is 315 g/mol. The maximum Gasteiger partial charge on any atom is 0.315 e. The van der Waals surface area contributed by atoms with Crippen molar-refractivity contribution < 1.29 is 4.79 Å². The molecule has 0 bridgehead atoms. The SMILES string of the molecule is CCC(NC(=O)NC(C)Cn1nc(C)cc1C)c1ccncc1. The van der Waals surface area contributed by atoms with Crippen LogP contribution in [0.1, 0.15) is 43.3 Å². The Morgan fingerprint density at radius 3 is 2.52 bits per heavy atom. The van der Waals surface area contributed by atoms with Gasteiger partial charge in [-0.15, -0.1) is 0 Å². The van der Waals surface area contributed by atoms with Gasteiger partial charge in [-0.3, -0.25) is 9.67 Å². The van der Waals surface area contributed by atoms with Gasteiger partial charge in [0.25, 0.3) is 0 Å². The fourth-order valence-electron chi connectivity index (χ4n) is 2.61. The first-order valence-corrected chi connectivity index (χ1v) is 7.97. The number of aryl methyl sites for hydroxylation is 2. The fraction of sp³-hybridized carbons (Fsp3) is 0.471. The Hall–Kier alpha value is -2.37. The molecule has 23 heavy (non-hydrogen) atoms. The molecule has 0 spiro atoms. The van der Waals surface area contributed by atoms with Gasteiger partial charge in [-0.2, -0.15) is 5.10 Å². The molecule has 0 aliphatic heterocycles. The maximum atomic E-state index is 12.2. The zero-order chi connectivity index (χ0) is 16.8. The molecule has 2 rings (SSSR count). The third kappa shape index (κ3) is 4.81. The van der Waals surface area contributed by atoms with E-state index in [0.717, 1.165) is 23.4 Å². The molecule has 6 heteroatoms. The van der Waals surface area contributed by atoms with Crippen molar-refractivity contribution in [2.45, 2.75) is 52.7 Å². The van der Waals surface area contributed by atoms with Gasteiger partial charge in [0, 0.05) is 24.1 Å². The van der Waals surface area contributed by atoms with Crippen LogP contribution >= 0.6 is 0 Å². The number of nitrogens with one attached hydrogen (secondary N) is 2. The average Bonchev–Trinajstić information content (AvgIpc) is 2.83. The molecule has 0 fully saturated rings. The quantitative estimate of drug-likeness (QED) is 0.861. The Labute approximate surface area is 137 Å². The third-order valence-corrected chi connectivity index (χ3v) is 3.75. The second kappa shape index (κ2) is 7.76. The van der Waals surface area contributed by atoms with Gasteiger partial charge >= 0.3 is 6.03 Å². The highest BCUT2D eigenvalue weighted by molar-refractivity contribution is 5.74. The van der Waals surface area contributed by atoms with Crippen LogP contribution in [0.25, 0.3) is 0 Å². The summed E-state index contributed by atoms with van der Waals surface area (Å²) in [6.45, 7) is 8.66. The number of carbonyl (C=O) groups excluding carboxylic acids is 1. The highest BCUT2D eigenvalue weighted by Crippen LogP contribution is 2.14. The van der Waals surface area contributed by atoms with Crippen LogP contribution in [0.2, 0.25) is 0 Å². The molecule has 0 aliphatic carbocycles. The lowest BCUT2D eigenvalue weighted by molar-refractivity contribution is 0.232. The van der Waals surface area contributed by atoms with Gasteiger partial charge in [0.05, 0.1) is 18.3 Å². The predicted molar refractivity (Wildman–Crippen MR) is 90.1 cm³/mol. The first-order valence-electron chi connectivity index (χ1n) is 7.97. The summed E-state index contributed by atoms with van der Waals surface area (Å²) in [4.78, 5) is 16.2. The molecular weight excluding hydrogens is 290 g/mol. The highest BCUT2D eigenvalue weighted by Gasteiger charge is 2.15. The highest BCUT2D eigenvalue weighted by atomic mass is 16.2. The van der Waals surface area contributed by atoms with Crippen molar-refractivity contribution in [2.24, 2.45) is 0 Å². The van der Waals surface area contributed by atoms with E-state index in [0.29, 0.717) is 6.54 Å². The van der Waals surface area contributed by atoms with Gasteiger partial charge in [0.1, 0.15) is 0 Å². The molecule has 2 heterocycles. The van der Waals surface area contributed by atoms with E-state index in [1.807, 2.05) is 50.6 Å². The van der Waals surface area contributed by atoms with Crippen molar-refractivity contribution in [3.05, 3.63) is 47.5 Å². The topological polar surface area (TPSA) is 71.8 Å². The van der Waals surface area contributed by atoms with E-state index in [9.17, 15) is 4.79 Å². The van der Waals surface area contributed by atoms with E-state index in [4.69, 9.17) is 0 Å². The van der Waals surface area contributed by atoms with E-state index in [-0.39, 0.29) is 18.1 Å². The summed E-state index contributed by atoms with van der Waals surface area (Å²) in [5, 5.41) is 10.4. The number of hydrogen-bond acceptors (Lipinski definition) is 3. The van der Waals surface area contributed by atoms with Crippen molar-refractivity contribution in [3.63, 3.8) is 0 Å². The van der Waals surface area contributed by atoms with Gasteiger partial charge in [0.2, 0.25) is 0 Å². The summed E-state index contributed by atoms with van der Waals surface area (Å²) < 4.78 is 1.92. The first-order chi connectivity index (χ1) is 11.0. The Morgan fingerprint density at radius 1 is 1.26 bits per heavy atom. The van der Waals surface area contributed by atoms with E-state index in [2.05, 4.69) is 20.7 Å². The minimum Gasteiger partial charge on any atom is -0.334 e. The largest absolute Gasteiger partial charge is 0.334 e. The summed E-state index contributed by atoms with van der Waals surface area (Å²) in [5.41, 5.74) is 3.14. The number of carbonyl (C=O) groups is 1.